The van der Waals surface area contributed by atoms with Crippen molar-refractivity contribution in [2.45, 2.75) is 57.3 Å². The SMILES string of the molecule is CN(C)CC1(COc2nc3c(c(N4CC5CCC(C5)C4)n2)CCC(c2cccc4cccc(Br)c24)C3)CC1. The smallest absolute Gasteiger partial charge is 0.318 e. The van der Waals surface area contributed by atoms with Crippen molar-refractivity contribution in [2.75, 3.05) is 45.2 Å². The van der Waals surface area contributed by atoms with Gasteiger partial charge in [0, 0.05) is 35.1 Å². The van der Waals surface area contributed by atoms with Crippen LogP contribution in [0.25, 0.3) is 10.8 Å². The van der Waals surface area contributed by atoms with Gasteiger partial charge in [-0.2, -0.15) is 9.97 Å². The lowest BCUT2D eigenvalue weighted by atomic mass is 9.80. The molecule has 1 aliphatic heterocycles. The molecule has 4 aliphatic rings. The maximum Gasteiger partial charge on any atom is 0.318 e. The van der Waals surface area contributed by atoms with Gasteiger partial charge >= 0.3 is 6.01 Å². The van der Waals surface area contributed by atoms with Crippen LogP contribution in [0.2, 0.25) is 0 Å². The van der Waals surface area contributed by atoms with Gasteiger partial charge in [0.15, 0.2) is 0 Å². The Labute approximate surface area is 235 Å². The quantitative estimate of drug-likeness (QED) is 0.317. The first-order valence-electron chi connectivity index (χ1n) is 14.6. The van der Waals surface area contributed by atoms with Crippen molar-refractivity contribution < 1.29 is 4.74 Å². The zero-order chi connectivity index (χ0) is 25.9. The Hall–Kier alpha value is -2.18. The molecule has 1 saturated heterocycles. The second-order valence-corrected chi connectivity index (χ2v) is 13.7. The summed E-state index contributed by atoms with van der Waals surface area (Å²) in [7, 11) is 4.31. The molecule has 5 nitrogen and oxygen atoms in total. The van der Waals surface area contributed by atoms with Gasteiger partial charge in [-0.1, -0.05) is 46.3 Å². The Morgan fingerprint density at radius 2 is 1.79 bits per heavy atom. The predicted octanol–water partition coefficient (Wildman–Crippen LogP) is 6.62. The van der Waals surface area contributed by atoms with Gasteiger partial charge in [-0.15, -0.1) is 0 Å². The molecule has 1 aromatic heterocycles. The zero-order valence-electron chi connectivity index (χ0n) is 22.8. The average molecular weight is 576 g/mol. The number of benzene rings is 2. The first-order valence-corrected chi connectivity index (χ1v) is 15.3. The number of nitrogens with zero attached hydrogens (tertiary/aromatic N) is 4. The molecule has 0 amide bonds. The normalized spacial score (nSPS) is 25.6. The molecule has 0 spiro atoms. The number of piperidine rings is 1. The molecule has 200 valence electrons. The van der Waals surface area contributed by atoms with Crippen LogP contribution in [-0.2, 0) is 12.8 Å². The van der Waals surface area contributed by atoms with E-state index in [9.17, 15) is 0 Å². The van der Waals surface area contributed by atoms with Crippen molar-refractivity contribution in [1.82, 2.24) is 14.9 Å². The van der Waals surface area contributed by atoms with Gasteiger partial charge in [0.25, 0.3) is 0 Å². The van der Waals surface area contributed by atoms with Gasteiger partial charge in [0.05, 0.1) is 12.3 Å². The highest BCUT2D eigenvalue weighted by Gasteiger charge is 2.44. The number of anilines is 1. The first kappa shape index (κ1) is 24.8. The van der Waals surface area contributed by atoms with E-state index in [0.717, 1.165) is 50.7 Å². The van der Waals surface area contributed by atoms with Crippen molar-refractivity contribution >= 4 is 32.5 Å². The largest absolute Gasteiger partial charge is 0.463 e. The lowest BCUT2D eigenvalue weighted by Gasteiger charge is -2.36. The summed E-state index contributed by atoms with van der Waals surface area (Å²) >= 11 is 3.84. The van der Waals surface area contributed by atoms with E-state index in [0.29, 0.717) is 18.5 Å². The molecule has 3 aromatic rings. The molecule has 3 atom stereocenters. The van der Waals surface area contributed by atoms with Crippen molar-refractivity contribution in [3.63, 3.8) is 0 Å². The van der Waals surface area contributed by atoms with Crippen LogP contribution >= 0.6 is 15.9 Å². The molecule has 0 radical (unpaired) electrons. The molecule has 2 aromatic carbocycles. The monoisotopic (exact) mass is 574 g/mol. The highest BCUT2D eigenvalue weighted by atomic mass is 79.9. The number of hydrogen-bond acceptors (Lipinski definition) is 5. The minimum absolute atomic E-state index is 0.269. The third-order valence-corrected chi connectivity index (χ3v) is 10.2. The van der Waals surface area contributed by atoms with E-state index in [1.165, 1.54) is 70.0 Å². The molecule has 0 N–H and O–H groups in total. The standard InChI is InChI=1S/C32H39BrN4O/c1-36(2)19-32(13-14-32)20-38-31-34-28-16-24(25-7-3-5-23-6-4-8-27(33)29(23)25)11-12-26(28)30(35-31)37-17-21-9-10-22(15-21)18-37/h3-8,21-22,24H,9-20H2,1-2H3. The fraction of sp³-hybridized carbons (Fsp3) is 0.562. The minimum atomic E-state index is 0.269. The van der Waals surface area contributed by atoms with E-state index < -0.39 is 0 Å². The zero-order valence-corrected chi connectivity index (χ0v) is 24.3. The van der Waals surface area contributed by atoms with Gasteiger partial charge < -0.3 is 14.5 Å². The van der Waals surface area contributed by atoms with Crippen molar-refractivity contribution in [3.05, 3.63) is 57.7 Å². The van der Waals surface area contributed by atoms with Crippen LogP contribution in [0.5, 0.6) is 6.01 Å². The summed E-state index contributed by atoms with van der Waals surface area (Å²) in [6, 6.07) is 13.9. The number of rotatable bonds is 7. The van der Waals surface area contributed by atoms with Gasteiger partial charge in [-0.3, -0.25) is 0 Å². The molecule has 2 heterocycles. The third-order valence-electron chi connectivity index (χ3n) is 9.58. The van der Waals surface area contributed by atoms with Crippen molar-refractivity contribution in [3.8, 4) is 6.01 Å². The highest BCUT2D eigenvalue weighted by molar-refractivity contribution is 9.10. The summed E-state index contributed by atoms with van der Waals surface area (Å²) in [5.41, 5.74) is 4.29. The molecule has 38 heavy (non-hydrogen) atoms. The molecular weight excluding hydrogens is 536 g/mol. The summed E-state index contributed by atoms with van der Waals surface area (Å²) < 4.78 is 7.63. The number of fused-ring (bicyclic) bond motifs is 4. The number of halogens is 1. The summed E-state index contributed by atoms with van der Waals surface area (Å²) in [4.78, 5) is 15.2. The molecule has 2 saturated carbocycles. The van der Waals surface area contributed by atoms with Crippen LogP contribution in [0.4, 0.5) is 5.82 Å². The average Bonchev–Trinajstić information content (AvgIpc) is 3.59. The van der Waals surface area contributed by atoms with E-state index in [1.54, 1.807) is 0 Å². The second-order valence-electron chi connectivity index (χ2n) is 12.9. The van der Waals surface area contributed by atoms with Gasteiger partial charge in [0.2, 0.25) is 0 Å². The van der Waals surface area contributed by atoms with Gasteiger partial charge in [-0.05, 0) is 106 Å². The lowest BCUT2D eigenvalue weighted by molar-refractivity contribution is 0.182. The van der Waals surface area contributed by atoms with E-state index in [-0.39, 0.29) is 5.41 Å². The molecular formula is C32H39BrN4O. The lowest BCUT2D eigenvalue weighted by Crippen LogP contribution is -2.38. The van der Waals surface area contributed by atoms with Crippen LogP contribution in [0, 0.1) is 17.3 Å². The molecule has 7 rings (SSSR count). The van der Waals surface area contributed by atoms with Crippen LogP contribution in [0.1, 0.15) is 61.3 Å². The van der Waals surface area contributed by atoms with E-state index in [2.05, 4.69) is 76.2 Å². The van der Waals surface area contributed by atoms with E-state index >= 15 is 0 Å². The fourth-order valence-corrected chi connectivity index (χ4v) is 8.23. The van der Waals surface area contributed by atoms with Gasteiger partial charge in [0.1, 0.15) is 5.82 Å². The number of ether oxygens (including phenoxy) is 1. The van der Waals surface area contributed by atoms with E-state index in [1.807, 2.05) is 0 Å². The Morgan fingerprint density at radius 3 is 2.53 bits per heavy atom. The van der Waals surface area contributed by atoms with Crippen LogP contribution in [0.3, 0.4) is 0 Å². The second kappa shape index (κ2) is 9.78. The maximum atomic E-state index is 6.45. The summed E-state index contributed by atoms with van der Waals surface area (Å²) in [6.45, 7) is 4.07. The van der Waals surface area contributed by atoms with Gasteiger partial charge in [-0.25, -0.2) is 0 Å². The molecule has 3 fully saturated rings. The molecule has 2 bridgehead atoms. The third kappa shape index (κ3) is 4.72. The Morgan fingerprint density at radius 1 is 1.03 bits per heavy atom. The minimum Gasteiger partial charge on any atom is -0.463 e. The highest BCUT2D eigenvalue weighted by Crippen LogP contribution is 2.47. The summed E-state index contributed by atoms with van der Waals surface area (Å²) in [5.74, 6) is 3.27. The Bertz CT molecular complexity index is 1340. The topological polar surface area (TPSA) is 41.5 Å². The first-order chi connectivity index (χ1) is 18.5. The Balaban J connectivity index is 1.22. The molecule has 6 heteroatoms. The Kier molecular flexibility index (Phi) is 6.39. The number of aromatic nitrogens is 2. The maximum absolute atomic E-state index is 6.45. The van der Waals surface area contributed by atoms with E-state index in [4.69, 9.17) is 14.7 Å². The van der Waals surface area contributed by atoms with Crippen LogP contribution < -0.4 is 9.64 Å². The predicted molar refractivity (Wildman–Crippen MR) is 157 cm³/mol. The summed E-state index contributed by atoms with van der Waals surface area (Å²) in [6.07, 6.45) is 9.74. The fourth-order valence-electron chi connectivity index (χ4n) is 7.62. The summed E-state index contributed by atoms with van der Waals surface area (Å²) in [5, 5.41) is 2.65. The van der Waals surface area contributed by atoms with Crippen LogP contribution in [0.15, 0.2) is 40.9 Å². The van der Waals surface area contributed by atoms with Crippen LogP contribution in [-0.4, -0.2) is 55.2 Å². The number of hydrogen-bond donors (Lipinski definition) is 0. The van der Waals surface area contributed by atoms with Crippen molar-refractivity contribution in [2.24, 2.45) is 17.3 Å². The van der Waals surface area contributed by atoms with Crippen molar-refractivity contribution in [1.29, 1.82) is 0 Å². The molecule has 3 aliphatic carbocycles. The molecule has 3 unspecified atom stereocenters.